The van der Waals surface area contributed by atoms with E-state index < -0.39 is 5.97 Å². The lowest BCUT2D eigenvalue weighted by Crippen LogP contribution is -2.29. The SMILES string of the molecule is Cc1cccc(NC(=O)c2ccc(C(=O)O)cc2)c1C(=O)N1CCCC1. The zero-order chi connectivity index (χ0) is 18.7. The number of aryl methyl sites for hydroxylation is 1. The molecule has 0 aromatic heterocycles. The van der Waals surface area contributed by atoms with E-state index in [9.17, 15) is 14.4 Å². The van der Waals surface area contributed by atoms with Gasteiger partial charge in [0, 0.05) is 18.7 Å². The van der Waals surface area contributed by atoms with Crippen molar-refractivity contribution in [1.82, 2.24) is 4.90 Å². The highest BCUT2D eigenvalue weighted by atomic mass is 16.4. The van der Waals surface area contributed by atoms with Crippen molar-refractivity contribution in [3.8, 4) is 0 Å². The Morgan fingerprint density at radius 3 is 2.19 bits per heavy atom. The van der Waals surface area contributed by atoms with Crippen LogP contribution in [0.1, 0.15) is 49.5 Å². The Morgan fingerprint density at radius 2 is 1.58 bits per heavy atom. The summed E-state index contributed by atoms with van der Waals surface area (Å²) in [6.07, 6.45) is 1.99. The van der Waals surface area contributed by atoms with Crippen LogP contribution in [0.25, 0.3) is 0 Å². The molecule has 0 spiro atoms. The maximum absolute atomic E-state index is 12.8. The fourth-order valence-corrected chi connectivity index (χ4v) is 3.09. The van der Waals surface area contributed by atoms with Gasteiger partial charge in [0.25, 0.3) is 11.8 Å². The van der Waals surface area contributed by atoms with E-state index in [4.69, 9.17) is 5.11 Å². The molecule has 6 heteroatoms. The van der Waals surface area contributed by atoms with Crippen LogP contribution >= 0.6 is 0 Å². The van der Waals surface area contributed by atoms with Gasteiger partial charge in [0.1, 0.15) is 0 Å². The van der Waals surface area contributed by atoms with E-state index in [0.29, 0.717) is 16.8 Å². The number of nitrogens with zero attached hydrogens (tertiary/aromatic N) is 1. The lowest BCUT2D eigenvalue weighted by molar-refractivity contribution is 0.0695. The van der Waals surface area contributed by atoms with Gasteiger partial charge in [-0.2, -0.15) is 0 Å². The summed E-state index contributed by atoms with van der Waals surface area (Å²) >= 11 is 0. The van der Waals surface area contributed by atoms with Crippen LogP contribution in [0.4, 0.5) is 5.69 Å². The van der Waals surface area contributed by atoms with Gasteiger partial charge in [0.05, 0.1) is 16.8 Å². The number of nitrogens with one attached hydrogen (secondary N) is 1. The Bertz CT molecular complexity index is 853. The molecule has 1 aliphatic heterocycles. The first kappa shape index (κ1) is 17.7. The smallest absolute Gasteiger partial charge is 0.335 e. The monoisotopic (exact) mass is 352 g/mol. The maximum atomic E-state index is 12.8. The molecule has 2 aromatic rings. The van der Waals surface area contributed by atoms with Crippen molar-refractivity contribution in [3.05, 3.63) is 64.7 Å². The molecule has 1 fully saturated rings. The van der Waals surface area contributed by atoms with Crippen molar-refractivity contribution in [2.45, 2.75) is 19.8 Å². The third kappa shape index (κ3) is 3.59. The zero-order valence-electron chi connectivity index (χ0n) is 14.5. The van der Waals surface area contributed by atoms with Crippen molar-refractivity contribution in [1.29, 1.82) is 0 Å². The number of hydrogen-bond donors (Lipinski definition) is 2. The predicted molar refractivity (Wildman–Crippen MR) is 97.7 cm³/mol. The Hall–Kier alpha value is -3.15. The van der Waals surface area contributed by atoms with Gasteiger partial charge in [-0.1, -0.05) is 12.1 Å². The van der Waals surface area contributed by atoms with Crippen LogP contribution < -0.4 is 5.32 Å². The maximum Gasteiger partial charge on any atom is 0.335 e. The van der Waals surface area contributed by atoms with E-state index in [1.165, 1.54) is 24.3 Å². The second-order valence-electron chi connectivity index (χ2n) is 6.33. The summed E-state index contributed by atoms with van der Waals surface area (Å²) in [7, 11) is 0. The van der Waals surface area contributed by atoms with Crippen LogP contribution in [0, 0.1) is 6.92 Å². The molecule has 0 radical (unpaired) electrons. The van der Waals surface area contributed by atoms with Crippen LogP contribution in [-0.4, -0.2) is 40.9 Å². The molecule has 1 saturated heterocycles. The molecule has 1 aliphatic rings. The van der Waals surface area contributed by atoms with Gasteiger partial charge in [0.15, 0.2) is 0 Å². The third-order valence-electron chi connectivity index (χ3n) is 4.52. The molecule has 1 heterocycles. The Labute approximate surface area is 151 Å². The number of rotatable bonds is 4. The second-order valence-corrected chi connectivity index (χ2v) is 6.33. The molecular formula is C20H20N2O4. The molecule has 3 rings (SSSR count). The zero-order valence-corrected chi connectivity index (χ0v) is 14.5. The largest absolute Gasteiger partial charge is 0.478 e. The van der Waals surface area contributed by atoms with E-state index in [2.05, 4.69) is 5.32 Å². The van der Waals surface area contributed by atoms with Crippen molar-refractivity contribution in [2.24, 2.45) is 0 Å². The topological polar surface area (TPSA) is 86.7 Å². The standard InChI is InChI=1S/C20H20N2O4/c1-13-5-4-6-16(17(13)19(24)22-11-2-3-12-22)21-18(23)14-7-9-15(10-8-14)20(25)26/h4-10H,2-3,11-12H2,1H3,(H,21,23)(H,25,26). The van der Waals surface area contributed by atoms with Crippen LogP contribution in [0.5, 0.6) is 0 Å². The van der Waals surface area contributed by atoms with E-state index >= 15 is 0 Å². The van der Waals surface area contributed by atoms with Crippen LogP contribution in [-0.2, 0) is 0 Å². The summed E-state index contributed by atoms with van der Waals surface area (Å²) < 4.78 is 0. The molecule has 6 nitrogen and oxygen atoms in total. The Balaban J connectivity index is 1.85. The molecule has 2 N–H and O–H groups in total. The number of hydrogen-bond acceptors (Lipinski definition) is 3. The quantitative estimate of drug-likeness (QED) is 0.885. The molecular weight excluding hydrogens is 332 g/mol. The molecule has 0 atom stereocenters. The predicted octanol–water partition coefficient (Wildman–Crippen LogP) is 3.18. The summed E-state index contributed by atoms with van der Waals surface area (Å²) in [5, 5.41) is 11.7. The number of aromatic carboxylic acids is 1. The minimum absolute atomic E-state index is 0.0721. The second kappa shape index (κ2) is 7.39. The first-order chi connectivity index (χ1) is 12.5. The summed E-state index contributed by atoms with van der Waals surface area (Å²) in [6, 6.07) is 11.0. The highest BCUT2D eigenvalue weighted by molar-refractivity contribution is 6.09. The molecule has 2 aromatic carbocycles. The summed E-state index contributed by atoms with van der Waals surface area (Å²) in [5.41, 5.74) is 2.22. The Kier molecular flexibility index (Phi) is 5.02. The third-order valence-corrected chi connectivity index (χ3v) is 4.52. The van der Waals surface area contributed by atoms with Gasteiger partial charge < -0.3 is 15.3 Å². The molecule has 0 bridgehead atoms. The molecule has 0 aliphatic carbocycles. The number of benzene rings is 2. The first-order valence-corrected chi connectivity index (χ1v) is 8.51. The number of likely N-dealkylation sites (tertiary alicyclic amines) is 1. The molecule has 2 amide bonds. The van der Waals surface area contributed by atoms with E-state index in [-0.39, 0.29) is 17.4 Å². The average Bonchev–Trinajstić information content (AvgIpc) is 3.16. The molecule has 134 valence electrons. The lowest BCUT2D eigenvalue weighted by Gasteiger charge is -2.19. The number of carbonyl (C=O) groups is 3. The fraction of sp³-hybridized carbons (Fsp3) is 0.250. The van der Waals surface area contributed by atoms with Gasteiger partial charge in [-0.05, 0) is 55.7 Å². The van der Waals surface area contributed by atoms with Gasteiger partial charge in [0.2, 0.25) is 0 Å². The van der Waals surface area contributed by atoms with E-state index in [1.54, 1.807) is 17.0 Å². The van der Waals surface area contributed by atoms with Crippen LogP contribution in [0.3, 0.4) is 0 Å². The molecule has 26 heavy (non-hydrogen) atoms. The van der Waals surface area contributed by atoms with Crippen molar-refractivity contribution >= 4 is 23.5 Å². The van der Waals surface area contributed by atoms with Gasteiger partial charge in [-0.3, -0.25) is 9.59 Å². The normalized spacial score (nSPS) is 13.5. The number of carboxylic acids is 1. The van der Waals surface area contributed by atoms with Gasteiger partial charge in [-0.25, -0.2) is 4.79 Å². The van der Waals surface area contributed by atoms with Crippen LogP contribution in [0.15, 0.2) is 42.5 Å². The van der Waals surface area contributed by atoms with E-state index in [0.717, 1.165) is 31.5 Å². The van der Waals surface area contributed by atoms with Crippen molar-refractivity contribution in [2.75, 3.05) is 18.4 Å². The van der Waals surface area contributed by atoms with Crippen molar-refractivity contribution < 1.29 is 19.5 Å². The minimum Gasteiger partial charge on any atom is -0.478 e. The summed E-state index contributed by atoms with van der Waals surface area (Å²) in [5.74, 6) is -1.51. The van der Waals surface area contributed by atoms with Gasteiger partial charge in [-0.15, -0.1) is 0 Å². The van der Waals surface area contributed by atoms with Crippen LogP contribution in [0.2, 0.25) is 0 Å². The number of amides is 2. The lowest BCUT2D eigenvalue weighted by atomic mass is 10.0. The molecule has 0 saturated carbocycles. The van der Waals surface area contributed by atoms with Gasteiger partial charge >= 0.3 is 5.97 Å². The minimum atomic E-state index is -1.05. The summed E-state index contributed by atoms with van der Waals surface area (Å²) in [4.78, 5) is 38.1. The van der Waals surface area contributed by atoms with Crippen molar-refractivity contribution in [3.63, 3.8) is 0 Å². The summed E-state index contributed by atoms with van der Waals surface area (Å²) in [6.45, 7) is 3.31. The molecule has 0 unspecified atom stereocenters. The average molecular weight is 352 g/mol. The highest BCUT2D eigenvalue weighted by Gasteiger charge is 2.24. The van der Waals surface area contributed by atoms with E-state index in [1.807, 2.05) is 13.0 Å². The highest BCUT2D eigenvalue weighted by Crippen LogP contribution is 2.24. The number of carbonyl (C=O) groups excluding carboxylic acids is 2. The first-order valence-electron chi connectivity index (χ1n) is 8.51. The Morgan fingerprint density at radius 1 is 0.962 bits per heavy atom. The number of carboxylic acid groups (broad SMARTS) is 1. The fourth-order valence-electron chi connectivity index (χ4n) is 3.09. The number of anilines is 1.